The number of pyridine rings is 1. The van der Waals surface area contributed by atoms with Crippen LogP contribution in [-0.2, 0) is 24.3 Å². The molecule has 1 N–H and O–H groups in total. The van der Waals surface area contributed by atoms with Crippen molar-refractivity contribution in [2.24, 2.45) is 0 Å². The van der Waals surface area contributed by atoms with Crippen molar-refractivity contribution in [3.8, 4) is 17.4 Å². The van der Waals surface area contributed by atoms with Crippen molar-refractivity contribution in [3.63, 3.8) is 0 Å². The maximum Gasteiger partial charge on any atom is 0.410 e. The first kappa shape index (κ1) is 26.6. The maximum atomic E-state index is 13.5. The highest BCUT2D eigenvalue weighted by Crippen LogP contribution is 2.38. The summed E-state index contributed by atoms with van der Waals surface area (Å²) in [6, 6.07) is 5.79. The molecule has 0 aliphatic carbocycles. The van der Waals surface area contributed by atoms with Gasteiger partial charge >= 0.3 is 12.1 Å². The van der Waals surface area contributed by atoms with E-state index in [1.807, 2.05) is 0 Å². The molecular weight excluding hydrogens is 513 g/mol. The second kappa shape index (κ2) is 11.3. The normalized spacial score (nSPS) is 21.5. The molecule has 14 heteroatoms. The molecule has 1 amide bonds. The Kier molecular flexibility index (Phi) is 8.10. The molecule has 3 atom stereocenters. The van der Waals surface area contributed by atoms with Crippen molar-refractivity contribution in [1.82, 2.24) is 14.2 Å². The van der Waals surface area contributed by atoms with E-state index < -0.39 is 47.1 Å². The molecular formula is C23H26FN3O9S. The average molecular weight is 540 g/mol. The van der Waals surface area contributed by atoms with Crippen molar-refractivity contribution >= 4 is 22.1 Å². The number of rotatable bonds is 10. The van der Waals surface area contributed by atoms with Gasteiger partial charge in [-0.3, -0.25) is 9.69 Å². The van der Waals surface area contributed by atoms with Crippen molar-refractivity contribution < 1.29 is 46.5 Å². The van der Waals surface area contributed by atoms with Crippen LogP contribution in [0.4, 0.5) is 9.18 Å². The third-order valence-corrected chi connectivity index (χ3v) is 8.00. The smallest absolute Gasteiger partial charge is 0.410 e. The number of carboxylic acid groups (broad SMARTS) is 1. The summed E-state index contributed by atoms with van der Waals surface area (Å²) < 4.78 is 60.4. The summed E-state index contributed by atoms with van der Waals surface area (Å²) in [7, 11) is -2.81. The molecule has 2 fully saturated rings. The molecule has 2 aromatic rings. The van der Waals surface area contributed by atoms with Crippen LogP contribution in [0.25, 0.3) is 0 Å². The Hall–Kier alpha value is -3.49. The summed E-state index contributed by atoms with van der Waals surface area (Å²) >= 11 is 0. The monoisotopic (exact) mass is 539 g/mol. The Bertz CT molecular complexity index is 1210. The first-order valence-electron chi connectivity index (χ1n) is 11.4. The van der Waals surface area contributed by atoms with Gasteiger partial charge in [0.2, 0.25) is 22.8 Å². The fourth-order valence-electron chi connectivity index (χ4n) is 4.52. The van der Waals surface area contributed by atoms with Gasteiger partial charge in [-0.05, 0) is 43.2 Å². The van der Waals surface area contributed by atoms with Gasteiger partial charge in [0, 0.05) is 25.8 Å². The second-order valence-corrected chi connectivity index (χ2v) is 10.2. The van der Waals surface area contributed by atoms with Gasteiger partial charge in [-0.2, -0.15) is 4.31 Å². The lowest BCUT2D eigenvalue weighted by molar-refractivity contribution is -0.145. The number of hydrogen-bond acceptors (Lipinski definition) is 9. The van der Waals surface area contributed by atoms with E-state index in [0.29, 0.717) is 24.3 Å². The van der Waals surface area contributed by atoms with Gasteiger partial charge in [0.25, 0.3) is 0 Å². The minimum absolute atomic E-state index is 0.000650. The zero-order valence-electron chi connectivity index (χ0n) is 19.9. The van der Waals surface area contributed by atoms with Crippen LogP contribution in [0.2, 0.25) is 0 Å². The molecule has 4 rings (SSSR count). The number of alkyl halides is 1. The molecule has 2 aliphatic heterocycles. The number of benzene rings is 1. The van der Waals surface area contributed by atoms with E-state index in [-0.39, 0.29) is 30.5 Å². The highest BCUT2D eigenvalue weighted by atomic mass is 32.2. The number of halogens is 1. The Morgan fingerprint density at radius 2 is 1.84 bits per heavy atom. The van der Waals surface area contributed by atoms with Gasteiger partial charge < -0.3 is 24.1 Å². The third-order valence-electron chi connectivity index (χ3n) is 6.17. The zero-order chi connectivity index (χ0) is 26.6. The second-order valence-electron chi connectivity index (χ2n) is 8.33. The van der Waals surface area contributed by atoms with E-state index in [0.717, 1.165) is 10.5 Å². The number of carboxylic acids is 1. The largest absolute Gasteiger partial charge is 0.480 e. The van der Waals surface area contributed by atoms with Crippen LogP contribution < -0.4 is 9.47 Å². The van der Waals surface area contributed by atoms with Gasteiger partial charge in [-0.15, -0.1) is 0 Å². The van der Waals surface area contributed by atoms with Gasteiger partial charge in [0.05, 0.1) is 18.8 Å². The summed E-state index contributed by atoms with van der Waals surface area (Å²) in [5.74, 6) is -0.590. The Labute approximate surface area is 212 Å². The summed E-state index contributed by atoms with van der Waals surface area (Å²) in [4.78, 5) is 30.0. The fraction of sp³-hybridized carbons (Fsp3) is 0.435. The molecule has 37 heavy (non-hydrogen) atoms. The number of carbonyl (C=O) groups excluding carboxylic acids is 1. The first-order valence-corrected chi connectivity index (χ1v) is 12.8. The van der Waals surface area contributed by atoms with E-state index in [1.165, 1.54) is 48.4 Å². The number of aromatic nitrogens is 1. The van der Waals surface area contributed by atoms with Crippen molar-refractivity contribution in [2.45, 2.75) is 35.9 Å². The lowest BCUT2D eigenvalue weighted by Crippen LogP contribution is -2.64. The topological polar surface area (TPSA) is 145 Å². The van der Waals surface area contributed by atoms with Crippen molar-refractivity contribution in [3.05, 3.63) is 42.6 Å². The number of fused-ring (bicyclic) bond motifs is 2. The molecule has 12 nitrogen and oxygen atoms in total. The van der Waals surface area contributed by atoms with Crippen molar-refractivity contribution in [1.29, 1.82) is 0 Å². The van der Waals surface area contributed by atoms with E-state index in [1.54, 1.807) is 0 Å². The fourth-order valence-corrected chi connectivity index (χ4v) is 6.12. The highest BCUT2D eigenvalue weighted by Gasteiger charge is 2.55. The summed E-state index contributed by atoms with van der Waals surface area (Å²) in [6.07, 6.45) is 1.16. The summed E-state index contributed by atoms with van der Waals surface area (Å²) in [5, 5.41) is 9.94. The molecule has 3 heterocycles. The van der Waals surface area contributed by atoms with Crippen LogP contribution in [0.15, 0.2) is 47.5 Å². The number of aliphatic carboxylic acids is 1. The molecule has 2 saturated heterocycles. The Morgan fingerprint density at radius 3 is 2.46 bits per heavy atom. The van der Waals surface area contributed by atoms with Crippen LogP contribution in [0, 0.1) is 0 Å². The van der Waals surface area contributed by atoms with Crippen LogP contribution in [0.3, 0.4) is 0 Å². The van der Waals surface area contributed by atoms with E-state index in [2.05, 4.69) is 4.98 Å². The number of ether oxygens (including phenoxy) is 4. The van der Waals surface area contributed by atoms with Gasteiger partial charge in [0.15, 0.2) is 0 Å². The minimum atomic E-state index is -4.27. The number of nitrogens with zero attached hydrogens (tertiary/aromatic N) is 3. The van der Waals surface area contributed by atoms with E-state index in [9.17, 15) is 27.5 Å². The molecule has 2 aliphatic rings. The quantitative estimate of drug-likeness (QED) is 0.446. The Balaban J connectivity index is 1.50. The minimum Gasteiger partial charge on any atom is -0.480 e. The number of sulfonamides is 1. The van der Waals surface area contributed by atoms with Gasteiger partial charge in [-0.25, -0.2) is 22.6 Å². The number of methoxy groups -OCH3 is 1. The highest BCUT2D eigenvalue weighted by molar-refractivity contribution is 7.89. The molecule has 0 radical (unpaired) electrons. The molecule has 0 unspecified atom stereocenters. The SMILES string of the molecule is COCCOC(=O)N1[C@@H]2CC[C@H]1[C@H](C(=O)O)N(S(=O)(=O)c1ccc(Oc3ccc(OCF)cc3)nc1)C2. The molecule has 0 spiro atoms. The first-order chi connectivity index (χ1) is 17.8. The van der Waals surface area contributed by atoms with Crippen LogP contribution in [0.1, 0.15) is 12.8 Å². The Morgan fingerprint density at radius 1 is 1.11 bits per heavy atom. The number of piperazine rings is 1. The lowest BCUT2D eigenvalue weighted by atomic mass is 10.1. The van der Waals surface area contributed by atoms with Gasteiger partial charge in [-0.1, -0.05) is 0 Å². The standard InChI is InChI=1S/C23H26FN3O9S/c1-33-10-11-34-23(30)27-15-2-8-19(27)21(22(28)29)26(13-15)37(31,32)18-7-9-20(25-12-18)36-17-5-3-16(4-6-17)35-14-24/h3-7,9,12,15,19,21H,2,8,10-11,13-14H2,1H3,(H,28,29)/t15-,19+,21-/m1/s1. The summed E-state index contributed by atoms with van der Waals surface area (Å²) in [6.45, 7) is -0.972. The summed E-state index contributed by atoms with van der Waals surface area (Å²) in [5.41, 5.74) is 0. The number of carbonyl (C=O) groups is 2. The molecule has 1 aromatic carbocycles. The predicted molar refractivity (Wildman–Crippen MR) is 125 cm³/mol. The molecule has 2 bridgehead atoms. The number of hydrogen-bond donors (Lipinski definition) is 1. The van der Waals surface area contributed by atoms with E-state index >= 15 is 0 Å². The predicted octanol–water partition coefficient (Wildman–Crippen LogP) is 2.25. The van der Waals surface area contributed by atoms with Crippen molar-refractivity contribution in [2.75, 3.05) is 33.7 Å². The average Bonchev–Trinajstić information content (AvgIpc) is 3.18. The van der Waals surface area contributed by atoms with Crippen LogP contribution in [-0.4, -0.2) is 91.6 Å². The third kappa shape index (κ3) is 5.60. The maximum absolute atomic E-state index is 13.5. The molecule has 0 saturated carbocycles. The zero-order valence-corrected chi connectivity index (χ0v) is 20.7. The van der Waals surface area contributed by atoms with Crippen LogP contribution >= 0.6 is 0 Å². The molecule has 1 aromatic heterocycles. The van der Waals surface area contributed by atoms with Crippen LogP contribution in [0.5, 0.6) is 17.4 Å². The molecule has 200 valence electrons. The van der Waals surface area contributed by atoms with Gasteiger partial charge in [0.1, 0.15) is 29.0 Å². The van der Waals surface area contributed by atoms with E-state index in [4.69, 9.17) is 18.9 Å². The number of amides is 1. The lowest BCUT2D eigenvalue weighted by Gasteiger charge is -2.43.